The zero-order chi connectivity index (χ0) is 15.9. The predicted molar refractivity (Wildman–Crippen MR) is 90.1 cm³/mol. The molecule has 2 N–H and O–H groups in total. The maximum Gasteiger partial charge on any atom is 0.244 e. The van der Waals surface area contributed by atoms with Gasteiger partial charge in [-0.25, -0.2) is 0 Å². The highest BCUT2D eigenvalue weighted by Gasteiger charge is 2.43. The predicted octanol–water partition coefficient (Wildman–Crippen LogP) is 1.50. The van der Waals surface area contributed by atoms with Crippen LogP contribution < -0.4 is 15.5 Å². The van der Waals surface area contributed by atoms with Crippen molar-refractivity contribution in [3.05, 3.63) is 29.3 Å². The lowest BCUT2D eigenvalue weighted by Crippen LogP contribution is -2.54. The summed E-state index contributed by atoms with van der Waals surface area (Å²) in [6.07, 6.45) is 2.23. The monoisotopic (exact) mass is 305 g/mol. The first-order valence-electron chi connectivity index (χ1n) is 7.94. The lowest BCUT2D eigenvalue weighted by Gasteiger charge is -2.28. The highest BCUT2D eigenvalue weighted by molar-refractivity contribution is 6.06. The smallest absolute Gasteiger partial charge is 0.244 e. The van der Waals surface area contributed by atoms with Gasteiger partial charge in [0.05, 0.1) is 11.7 Å². The standard InChI is InChI=1S/C17H23N3O2.2H2/c1-10(2)19-13-8-7-11-5-4-6-12-9-14(16(21)18-3)20(15(11)12)17(13)22;;/h4-6,10,13-14,19H,7-9H2,1-3H3,(H,18,21);2*1H/t13-,14-;;/m1../s1. The molecule has 5 heteroatoms. The van der Waals surface area contributed by atoms with Crippen LogP contribution in [0.25, 0.3) is 0 Å². The van der Waals surface area contributed by atoms with Crippen LogP contribution >= 0.6 is 0 Å². The summed E-state index contributed by atoms with van der Waals surface area (Å²) in [6.45, 7) is 4.08. The number of likely N-dealkylation sites (N-methyl/N-ethyl adjacent to an activating group) is 1. The van der Waals surface area contributed by atoms with E-state index in [1.54, 1.807) is 11.9 Å². The van der Waals surface area contributed by atoms with Crippen molar-refractivity contribution in [3.63, 3.8) is 0 Å². The van der Waals surface area contributed by atoms with E-state index in [0.717, 1.165) is 24.1 Å². The van der Waals surface area contributed by atoms with E-state index in [4.69, 9.17) is 0 Å². The lowest BCUT2D eigenvalue weighted by atomic mass is 10.0. The molecule has 0 unspecified atom stereocenters. The van der Waals surface area contributed by atoms with E-state index in [2.05, 4.69) is 16.7 Å². The minimum absolute atomic E-state index is 0. The Morgan fingerprint density at radius 2 is 2.09 bits per heavy atom. The number of hydrogen-bond acceptors (Lipinski definition) is 3. The molecule has 2 aliphatic heterocycles. The molecular formula is C17H27N3O2. The van der Waals surface area contributed by atoms with Gasteiger partial charge in [0.2, 0.25) is 11.8 Å². The third-order valence-electron chi connectivity index (χ3n) is 4.49. The molecule has 122 valence electrons. The summed E-state index contributed by atoms with van der Waals surface area (Å²) in [7, 11) is 1.62. The molecular weight excluding hydrogens is 278 g/mol. The number of nitrogens with zero attached hydrogens (tertiary/aromatic N) is 1. The summed E-state index contributed by atoms with van der Waals surface area (Å²) in [5.41, 5.74) is 3.24. The second-order valence-electron chi connectivity index (χ2n) is 6.38. The van der Waals surface area contributed by atoms with Gasteiger partial charge in [-0.15, -0.1) is 0 Å². The van der Waals surface area contributed by atoms with Gasteiger partial charge in [-0.3, -0.25) is 14.5 Å². The number of amides is 2. The van der Waals surface area contributed by atoms with Crippen LogP contribution in [0.1, 0.15) is 34.2 Å². The fourth-order valence-electron chi connectivity index (χ4n) is 3.56. The van der Waals surface area contributed by atoms with Crippen LogP contribution in [-0.4, -0.2) is 37.0 Å². The third kappa shape index (κ3) is 2.39. The maximum atomic E-state index is 13.0. The molecule has 2 atom stereocenters. The second kappa shape index (κ2) is 5.72. The van der Waals surface area contributed by atoms with E-state index >= 15 is 0 Å². The van der Waals surface area contributed by atoms with Gasteiger partial charge < -0.3 is 10.6 Å². The van der Waals surface area contributed by atoms with E-state index in [1.807, 2.05) is 26.0 Å². The number of carbonyl (C=O) groups excluding carboxylic acids is 2. The number of benzene rings is 1. The summed E-state index contributed by atoms with van der Waals surface area (Å²) in [4.78, 5) is 27.0. The largest absolute Gasteiger partial charge is 0.357 e. The van der Waals surface area contributed by atoms with E-state index in [9.17, 15) is 9.59 Å². The topological polar surface area (TPSA) is 61.4 Å². The van der Waals surface area contributed by atoms with Crippen molar-refractivity contribution in [3.8, 4) is 0 Å². The van der Waals surface area contributed by atoms with Crippen molar-refractivity contribution in [2.45, 2.75) is 51.2 Å². The molecule has 5 nitrogen and oxygen atoms in total. The van der Waals surface area contributed by atoms with Crippen molar-refractivity contribution in [2.75, 3.05) is 11.9 Å². The summed E-state index contributed by atoms with van der Waals surface area (Å²) in [5.74, 6) is -0.0771. The Balaban J connectivity index is 0.00000144. The first-order chi connectivity index (χ1) is 10.5. The van der Waals surface area contributed by atoms with Gasteiger partial charge in [0.1, 0.15) is 6.04 Å². The lowest BCUT2D eigenvalue weighted by molar-refractivity contribution is -0.126. The van der Waals surface area contributed by atoms with Gasteiger partial charge in [-0.05, 0) is 24.0 Å². The minimum atomic E-state index is -0.428. The van der Waals surface area contributed by atoms with E-state index in [1.165, 1.54) is 5.56 Å². The number of hydrogen-bond donors (Lipinski definition) is 2. The molecule has 0 aromatic heterocycles. The highest BCUT2D eigenvalue weighted by atomic mass is 16.2. The van der Waals surface area contributed by atoms with Gasteiger partial charge in [0, 0.05) is 22.4 Å². The summed E-state index contributed by atoms with van der Waals surface area (Å²) in [6, 6.07) is 5.70. The van der Waals surface area contributed by atoms with Gasteiger partial charge in [0.15, 0.2) is 0 Å². The molecule has 2 aliphatic rings. The normalized spacial score (nSPS) is 23.5. The number of carbonyl (C=O) groups is 2. The Bertz CT molecular complexity index is 622. The molecule has 3 rings (SSSR count). The zero-order valence-corrected chi connectivity index (χ0v) is 13.3. The van der Waals surface area contributed by atoms with E-state index in [-0.39, 0.29) is 26.8 Å². The van der Waals surface area contributed by atoms with Crippen LogP contribution in [0, 0.1) is 0 Å². The Labute approximate surface area is 134 Å². The maximum absolute atomic E-state index is 13.0. The second-order valence-corrected chi connectivity index (χ2v) is 6.38. The third-order valence-corrected chi connectivity index (χ3v) is 4.49. The van der Waals surface area contributed by atoms with Gasteiger partial charge in [-0.1, -0.05) is 32.0 Å². The molecule has 0 aliphatic carbocycles. The number of anilines is 1. The van der Waals surface area contributed by atoms with E-state index < -0.39 is 6.04 Å². The summed E-state index contributed by atoms with van der Waals surface area (Å²) >= 11 is 0. The van der Waals surface area contributed by atoms with Gasteiger partial charge in [-0.2, -0.15) is 0 Å². The molecule has 22 heavy (non-hydrogen) atoms. The number of nitrogens with one attached hydrogen (secondary N) is 2. The summed E-state index contributed by atoms with van der Waals surface area (Å²) < 4.78 is 0. The fourth-order valence-corrected chi connectivity index (χ4v) is 3.56. The zero-order valence-electron chi connectivity index (χ0n) is 13.3. The Morgan fingerprint density at radius 1 is 1.36 bits per heavy atom. The SMILES string of the molecule is CNC(=O)[C@H]1Cc2cccc3c2N1C(=O)[C@H](NC(C)C)CC3.[HH].[HH]. The van der Waals surface area contributed by atoms with Crippen molar-refractivity contribution >= 4 is 17.5 Å². The average molecular weight is 305 g/mol. The number of aryl methyl sites for hydroxylation is 1. The van der Waals surface area contributed by atoms with Crippen molar-refractivity contribution in [2.24, 2.45) is 0 Å². The Kier molecular flexibility index (Phi) is 3.91. The molecule has 0 fully saturated rings. The molecule has 0 saturated heterocycles. The summed E-state index contributed by atoms with van der Waals surface area (Å²) in [5, 5.41) is 6.04. The van der Waals surface area contributed by atoms with Gasteiger partial charge >= 0.3 is 0 Å². The number of para-hydroxylation sites is 1. The molecule has 0 saturated carbocycles. The molecule has 2 heterocycles. The van der Waals surface area contributed by atoms with Crippen LogP contribution in [0.4, 0.5) is 5.69 Å². The van der Waals surface area contributed by atoms with E-state index in [0.29, 0.717) is 6.42 Å². The van der Waals surface area contributed by atoms with Crippen molar-refractivity contribution < 1.29 is 12.4 Å². The van der Waals surface area contributed by atoms with Crippen LogP contribution in [0.15, 0.2) is 18.2 Å². The molecule has 1 aromatic rings. The fraction of sp³-hybridized carbons (Fsp3) is 0.529. The van der Waals surface area contributed by atoms with Crippen LogP contribution in [-0.2, 0) is 22.4 Å². The molecule has 2 amide bonds. The first kappa shape index (κ1) is 15.0. The van der Waals surface area contributed by atoms with Crippen LogP contribution in [0.3, 0.4) is 0 Å². The highest BCUT2D eigenvalue weighted by Crippen LogP contribution is 2.38. The van der Waals surface area contributed by atoms with Crippen molar-refractivity contribution in [1.29, 1.82) is 0 Å². The Morgan fingerprint density at radius 3 is 2.77 bits per heavy atom. The minimum Gasteiger partial charge on any atom is -0.357 e. The van der Waals surface area contributed by atoms with Crippen LogP contribution in [0.2, 0.25) is 0 Å². The molecule has 1 aromatic carbocycles. The van der Waals surface area contributed by atoms with Gasteiger partial charge in [0.25, 0.3) is 0 Å². The molecule has 0 spiro atoms. The molecule has 0 radical (unpaired) electrons. The van der Waals surface area contributed by atoms with Crippen molar-refractivity contribution in [1.82, 2.24) is 10.6 Å². The number of rotatable bonds is 3. The first-order valence-corrected chi connectivity index (χ1v) is 7.94. The average Bonchev–Trinajstić information content (AvgIpc) is 2.83. The quantitative estimate of drug-likeness (QED) is 0.889. The molecule has 0 bridgehead atoms. The van der Waals surface area contributed by atoms with Crippen LogP contribution in [0.5, 0.6) is 0 Å². The Hall–Kier alpha value is -1.88.